The van der Waals surface area contributed by atoms with Crippen molar-refractivity contribution in [2.75, 3.05) is 25.2 Å². The number of pyridine rings is 1. The van der Waals surface area contributed by atoms with Gasteiger partial charge in [-0.15, -0.1) is 0 Å². The number of hydrogen-bond donors (Lipinski definition) is 1. The minimum absolute atomic E-state index is 0.364. The van der Waals surface area contributed by atoms with Crippen molar-refractivity contribution in [1.82, 2.24) is 4.98 Å². The van der Waals surface area contributed by atoms with Crippen molar-refractivity contribution in [3.05, 3.63) is 23.9 Å². The van der Waals surface area contributed by atoms with Crippen molar-refractivity contribution in [3.63, 3.8) is 0 Å². The zero-order chi connectivity index (χ0) is 11.5. The van der Waals surface area contributed by atoms with E-state index >= 15 is 0 Å². The summed E-state index contributed by atoms with van der Waals surface area (Å²) < 4.78 is 5.37. The van der Waals surface area contributed by atoms with E-state index in [9.17, 15) is 0 Å². The standard InChI is InChI=1S/C11H15N3OS/c1-14(8-4-6-15-7-8)11-9(10(12)16)3-2-5-13-11/h2-3,5,8H,4,6-7H2,1H3,(H2,12,16). The van der Waals surface area contributed by atoms with Gasteiger partial charge in [0.1, 0.15) is 10.8 Å². The monoisotopic (exact) mass is 237 g/mol. The molecule has 1 aromatic rings. The maximum atomic E-state index is 5.68. The van der Waals surface area contributed by atoms with Crippen LogP contribution in [-0.4, -0.2) is 36.3 Å². The molecule has 1 aliphatic rings. The minimum Gasteiger partial charge on any atom is -0.389 e. The molecule has 86 valence electrons. The van der Waals surface area contributed by atoms with Gasteiger partial charge < -0.3 is 15.4 Å². The van der Waals surface area contributed by atoms with E-state index < -0.39 is 0 Å². The average Bonchev–Trinajstić information content (AvgIpc) is 2.81. The number of nitrogens with zero attached hydrogens (tertiary/aromatic N) is 2. The van der Waals surface area contributed by atoms with E-state index in [0.29, 0.717) is 11.0 Å². The fourth-order valence-electron chi connectivity index (χ4n) is 1.87. The lowest BCUT2D eigenvalue weighted by atomic mass is 10.2. The fraction of sp³-hybridized carbons (Fsp3) is 0.455. The molecule has 16 heavy (non-hydrogen) atoms. The number of ether oxygens (including phenoxy) is 1. The first kappa shape index (κ1) is 11.3. The Labute approximate surface area is 100 Å². The van der Waals surface area contributed by atoms with Crippen molar-refractivity contribution in [1.29, 1.82) is 0 Å². The molecule has 0 amide bonds. The lowest BCUT2D eigenvalue weighted by Gasteiger charge is -2.25. The third kappa shape index (κ3) is 2.15. The minimum atomic E-state index is 0.364. The van der Waals surface area contributed by atoms with E-state index in [0.717, 1.165) is 31.0 Å². The van der Waals surface area contributed by atoms with Gasteiger partial charge in [-0.05, 0) is 18.6 Å². The molecule has 1 saturated heterocycles. The number of aromatic nitrogens is 1. The molecular formula is C11H15N3OS. The van der Waals surface area contributed by atoms with Crippen molar-refractivity contribution in [3.8, 4) is 0 Å². The molecule has 2 heterocycles. The van der Waals surface area contributed by atoms with Crippen molar-refractivity contribution in [2.45, 2.75) is 12.5 Å². The zero-order valence-electron chi connectivity index (χ0n) is 9.22. The summed E-state index contributed by atoms with van der Waals surface area (Å²) in [5, 5.41) is 0. The number of likely N-dealkylation sites (N-methyl/N-ethyl adjacent to an activating group) is 1. The second-order valence-corrected chi connectivity index (χ2v) is 4.31. The molecule has 5 heteroatoms. The topological polar surface area (TPSA) is 51.4 Å². The highest BCUT2D eigenvalue weighted by atomic mass is 32.1. The normalized spacial score (nSPS) is 19.7. The number of hydrogen-bond acceptors (Lipinski definition) is 4. The number of anilines is 1. The average molecular weight is 237 g/mol. The fourth-order valence-corrected chi connectivity index (χ4v) is 2.03. The van der Waals surface area contributed by atoms with Crippen LogP contribution >= 0.6 is 12.2 Å². The summed E-state index contributed by atoms with van der Waals surface area (Å²) in [7, 11) is 2.00. The SMILES string of the molecule is CN(c1ncccc1C(N)=S)C1CCOC1. The Kier molecular flexibility index (Phi) is 3.36. The highest BCUT2D eigenvalue weighted by Crippen LogP contribution is 2.21. The lowest BCUT2D eigenvalue weighted by Crippen LogP contribution is -2.34. The van der Waals surface area contributed by atoms with E-state index in [1.807, 2.05) is 19.2 Å². The molecule has 1 unspecified atom stereocenters. The molecule has 0 aliphatic carbocycles. The van der Waals surface area contributed by atoms with Crippen LogP contribution in [0.15, 0.2) is 18.3 Å². The molecule has 2 N–H and O–H groups in total. The van der Waals surface area contributed by atoms with Crippen LogP contribution in [0.4, 0.5) is 5.82 Å². The Bertz CT molecular complexity index is 391. The summed E-state index contributed by atoms with van der Waals surface area (Å²) in [5.41, 5.74) is 6.51. The number of nitrogens with two attached hydrogens (primary N) is 1. The van der Waals surface area contributed by atoms with Gasteiger partial charge in [0, 0.05) is 19.9 Å². The first-order valence-corrected chi connectivity index (χ1v) is 5.66. The van der Waals surface area contributed by atoms with Gasteiger partial charge in [-0.1, -0.05) is 12.2 Å². The summed E-state index contributed by atoms with van der Waals surface area (Å²) in [6, 6.07) is 4.11. The maximum absolute atomic E-state index is 5.68. The van der Waals surface area contributed by atoms with Gasteiger partial charge in [0.25, 0.3) is 0 Å². The molecule has 0 saturated carbocycles. The third-order valence-corrected chi connectivity index (χ3v) is 3.06. The largest absolute Gasteiger partial charge is 0.389 e. The predicted molar refractivity (Wildman–Crippen MR) is 67.8 cm³/mol. The van der Waals surface area contributed by atoms with Gasteiger partial charge in [0.2, 0.25) is 0 Å². The van der Waals surface area contributed by atoms with Crippen LogP contribution in [0.1, 0.15) is 12.0 Å². The van der Waals surface area contributed by atoms with Crippen molar-refractivity contribution < 1.29 is 4.74 Å². The molecule has 0 bridgehead atoms. The Morgan fingerprint density at radius 3 is 3.12 bits per heavy atom. The summed E-state index contributed by atoms with van der Waals surface area (Å²) in [6.07, 6.45) is 2.77. The highest BCUT2D eigenvalue weighted by molar-refractivity contribution is 7.80. The molecule has 0 radical (unpaired) electrons. The van der Waals surface area contributed by atoms with E-state index in [-0.39, 0.29) is 0 Å². The van der Waals surface area contributed by atoms with Gasteiger partial charge in [-0.2, -0.15) is 0 Å². The van der Waals surface area contributed by atoms with E-state index in [4.69, 9.17) is 22.7 Å². The van der Waals surface area contributed by atoms with Gasteiger partial charge >= 0.3 is 0 Å². The van der Waals surface area contributed by atoms with Gasteiger partial charge in [-0.25, -0.2) is 4.98 Å². The molecule has 1 aliphatic heterocycles. The van der Waals surface area contributed by atoms with Crippen LogP contribution < -0.4 is 10.6 Å². The lowest BCUT2D eigenvalue weighted by molar-refractivity contribution is 0.193. The first-order chi connectivity index (χ1) is 7.70. The molecule has 4 nitrogen and oxygen atoms in total. The van der Waals surface area contributed by atoms with Crippen LogP contribution in [0.3, 0.4) is 0 Å². The highest BCUT2D eigenvalue weighted by Gasteiger charge is 2.23. The van der Waals surface area contributed by atoms with Crippen LogP contribution in [0, 0.1) is 0 Å². The van der Waals surface area contributed by atoms with Crippen molar-refractivity contribution >= 4 is 23.0 Å². The Hall–Kier alpha value is -1.20. The summed E-state index contributed by atoms with van der Waals surface area (Å²) >= 11 is 5.02. The van der Waals surface area contributed by atoms with Crippen LogP contribution in [0.5, 0.6) is 0 Å². The zero-order valence-corrected chi connectivity index (χ0v) is 10.0. The maximum Gasteiger partial charge on any atom is 0.138 e. The quantitative estimate of drug-likeness (QED) is 0.793. The van der Waals surface area contributed by atoms with Crippen LogP contribution in [0.25, 0.3) is 0 Å². The third-order valence-electron chi connectivity index (χ3n) is 2.84. The Morgan fingerprint density at radius 1 is 1.69 bits per heavy atom. The smallest absolute Gasteiger partial charge is 0.138 e. The van der Waals surface area contributed by atoms with Gasteiger partial charge in [0.05, 0.1) is 18.2 Å². The van der Waals surface area contributed by atoms with Crippen molar-refractivity contribution in [2.24, 2.45) is 5.73 Å². The second kappa shape index (κ2) is 4.76. The molecule has 1 aromatic heterocycles. The molecule has 2 rings (SSSR count). The number of thiocarbonyl (C=S) groups is 1. The predicted octanol–water partition coefficient (Wildman–Crippen LogP) is 0.941. The molecular weight excluding hydrogens is 222 g/mol. The molecule has 1 fully saturated rings. The van der Waals surface area contributed by atoms with Gasteiger partial charge in [0.15, 0.2) is 0 Å². The molecule has 0 spiro atoms. The number of rotatable bonds is 3. The molecule has 0 aromatic carbocycles. The first-order valence-electron chi connectivity index (χ1n) is 5.25. The van der Waals surface area contributed by atoms with E-state index in [1.54, 1.807) is 6.20 Å². The molecule has 1 atom stereocenters. The summed E-state index contributed by atoms with van der Waals surface area (Å²) in [6.45, 7) is 1.55. The Balaban J connectivity index is 2.27. The second-order valence-electron chi connectivity index (χ2n) is 3.87. The van der Waals surface area contributed by atoms with Crippen LogP contribution in [-0.2, 0) is 4.74 Å². The van der Waals surface area contributed by atoms with Crippen LogP contribution in [0.2, 0.25) is 0 Å². The summed E-state index contributed by atoms with van der Waals surface area (Å²) in [5.74, 6) is 0.838. The summed E-state index contributed by atoms with van der Waals surface area (Å²) in [4.78, 5) is 6.83. The van der Waals surface area contributed by atoms with E-state index in [2.05, 4.69) is 9.88 Å². The Morgan fingerprint density at radius 2 is 2.50 bits per heavy atom. The van der Waals surface area contributed by atoms with E-state index in [1.165, 1.54) is 0 Å². The van der Waals surface area contributed by atoms with Gasteiger partial charge in [-0.3, -0.25) is 0 Å².